The fourth-order valence-electron chi connectivity index (χ4n) is 4.70. The largest absolute Gasteiger partial charge is 0.463 e. The predicted octanol–water partition coefficient (Wildman–Crippen LogP) is 11.6. The van der Waals surface area contributed by atoms with E-state index in [0.717, 1.165) is 12.8 Å². The molecule has 0 saturated carbocycles. The van der Waals surface area contributed by atoms with Crippen LogP contribution < -0.4 is 0 Å². The molecule has 0 amide bonds. The van der Waals surface area contributed by atoms with Crippen LogP contribution in [0.2, 0.25) is 0 Å². The standard InChI is InChI=1S/C19H36O2.C17H32O2/c1-3-5-6-7-8-9-10-11-12-13-14-15-16-17-18-21-19(20)4-2;1-3-5-6-7-8-9-10-11-12-13-14-15-16-19-17(18)4-2/h4H,2-3,5-18H2,1H3;4H,2-3,5-16H2,1H3. The van der Waals surface area contributed by atoms with E-state index in [2.05, 4.69) is 27.0 Å². The Labute approximate surface area is 250 Å². The van der Waals surface area contributed by atoms with Gasteiger partial charge in [0.2, 0.25) is 0 Å². The highest BCUT2D eigenvalue weighted by molar-refractivity contribution is 5.81. The van der Waals surface area contributed by atoms with Crippen LogP contribution in [0.5, 0.6) is 0 Å². The minimum absolute atomic E-state index is 0.301. The van der Waals surface area contributed by atoms with Crippen LogP contribution in [0.1, 0.15) is 181 Å². The molecule has 0 bridgehead atoms. The molecule has 0 atom stereocenters. The van der Waals surface area contributed by atoms with Gasteiger partial charge >= 0.3 is 11.9 Å². The van der Waals surface area contributed by atoms with Crippen molar-refractivity contribution in [3.63, 3.8) is 0 Å². The molecule has 0 aliphatic rings. The van der Waals surface area contributed by atoms with E-state index >= 15 is 0 Å². The van der Waals surface area contributed by atoms with E-state index in [-0.39, 0.29) is 11.9 Å². The lowest BCUT2D eigenvalue weighted by Crippen LogP contribution is -2.01. The predicted molar refractivity (Wildman–Crippen MR) is 174 cm³/mol. The molecule has 0 aliphatic heterocycles. The fourth-order valence-corrected chi connectivity index (χ4v) is 4.70. The topological polar surface area (TPSA) is 52.6 Å². The van der Waals surface area contributed by atoms with Crippen molar-refractivity contribution in [3.05, 3.63) is 25.3 Å². The maximum Gasteiger partial charge on any atom is 0.330 e. The summed E-state index contributed by atoms with van der Waals surface area (Å²) in [5.41, 5.74) is 0. The summed E-state index contributed by atoms with van der Waals surface area (Å²) in [5, 5.41) is 0. The van der Waals surface area contributed by atoms with Gasteiger partial charge in [-0.25, -0.2) is 9.59 Å². The lowest BCUT2D eigenvalue weighted by molar-refractivity contribution is -0.138. The molecule has 0 heterocycles. The number of carbonyl (C=O) groups excluding carboxylic acids is 2. The third-order valence-corrected chi connectivity index (χ3v) is 7.32. The van der Waals surface area contributed by atoms with E-state index in [1.165, 1.54) is 166 Å². The summed E-state index contributed by atoms with van der Waals surface area (Å²) >= 11 is 0. The van der Waals surface area contributed by atoms with Crippen molar-refractivity contribution < 1.29 is 19.1 Å². The maximum absolute atomic E-state index is 10.8. The van der Waals surface area contributed by atoms with Crippen LogP contribution in [-0.2, 0) is 19.1 Å². The van der Waals surface area contributed by atoms with Crippen molar-refractivity contribution >= 4 is 11.9 Å². The molecule has 0 rings (SSSR count). The molecule has 0 radical (unpaired) electrons. The van der Waals surface area contributed by atoms with Crippen molar-refractivity contribution in [2.45, 2.75) is 181 Å². The Morgan fingerprint density at radius 3 is 0.800 bits per heavy atom. The summed E-state index contributed by atoms with van der Waals surface area (Å²) in [6, 6.07) is 0. The number of hydrogen-bond donors (Lipinski definition) is 0. The van der Waals surface area contributed by atoms with Gasteiger partial charge in [-0.1, -0.05) is 181 Å². The first-order chi connectivity index (χ1) is 19.6. The monoisotopic (exact) mass is 565 g/mol. The summed E-state index contributed by atoms with van der Waals surface area (Å²) in [7, 11) is 0. The van der Waals surface area contributed by atoms with Gasteiger partial charge in [-0.3, -0.25) is 0 Å². The molecular formula is C36H68O4. The molecule has 236 valence electrons. The molecule has 0 N–H and O–H groups in total. The molecular weight excluding hydrogens is 496 g/mol. The van der Waals surface area contributed by atoms with Crippen LogP contribution in [0.3, 0.4) is 0 Å². The minimum atomic E-state index is -0.303. The molecule has 4 nitrogen and oxygen atoms in total. The van der Waals surface area contributed by atoms with Crippen molar-refractivity contribution in [1.82, 2.24) is 0 Å². The Morgan fingerprint density at radius 2 is 0.600 bits per heavy atom. The molecule has 0 unspecified atom stereocenters. The molecule has 0 aliphatic carbocycles. The van der Waals surface area contributed by atoms with Crippen LogP contribution in [0.15, 0.2) is 25.3 Å². The molecule has 0 saturated heterocycles. The Balaban J connectivity index is 0. The van der Waals surface area contributed by atoms with Gasteiger partial charge in [0.25, 0.3) is 0 Å². The second-order valence-electron chi connectivity index (χ2n) is 11.2. The summed E-state index contributed by atoms with van der Waals surface area (Å²) in [4.78, 5) is 21.6. The van der Waals surface area contributed by atoms with Crippen molar-refractivity contribution in [3.8, 4) is 0 Å². The van der Waals surface area contributed by atoms with Gasteiger partial charge < -0.3 is 9.47 Å². The zero-order valence-corrected chi connectivity index (χ0v) is 27.0. The molecule has 40 heavy (non-hydrogen) atoms. The smallest absolute Gasteiger partial charge is 0.330 e. The normalized spacial score (nSPS) is 10.4. The zero-order chi connectivity index (χ0) is 29.8. The Kier molecular flexibility index (Phi) is 37.9. The van der Waals surface area contributed by atoms with Crippen LogP contribution in [0, 0.1) is 0 Å². The lowest BCUT2D eigenvalue weighted by atomic mass is 10.0. The first kappa shape index (κ1) is 40.6. The van der Waals surface area contributed by atoms with Gasteiger partial charge in [-0.05, 0) is 12.8 Å². The van der Waals surface area contributed by atoms with E-state index in [0.29, 0.717) is 13.2 Å². The summed E-state index contributed by atoms with van der Waals surface area (Å²) in [6.07, 6.45) is 37.1. The highest BCUT2D eigenvalue weighted by atomic mass is 16.5. The molecule has 0 aromatic rings. The zero-order valence-electron chi connectivity index (χ0n) is 27.0. The number of carbonyl (C=O) groups is 2. The molecule has 0 fully saturated rings. The number of ether oxygens (including phenoxy) is 2. The van der Waals surface area contributed by atoms with Crippen molar-refractivity contribution in [1.29, 1.82) is 0 Å². The summed E-state index contributed by atoms with van der Waals surface area (Å²) < 4.78 is 9.87. The van der Waals surface area contributed by atoms with Crippen LogP contribution in [0.25, 0.3) is 0 Å². The Hall–Kier alpha value is -1.58. The molecule has 0 aromatic heterocycles. The van der Waals surface area contributed by atoms with E-state index in [4.69, 9.17) is 9.47 Å². The minimum Gasteiger partial charge on any atom is -0.463 e. The lowest BCUT2D eigenvalue weighted by Gasteiger charge is -2.03. The first-order valence-electron chi connectivity index (χ1n) is 17.2. The van der Waals surface area contributed by atoms with Crippen molar-refractivity contribution in [2.75, 3.05) is 13.2 Å². The second kappa shape index (κ2) is 37.4. The first-order valence-corrected chi connectivity index (χ1v) is 17.2. The highest BCUT2D eigenvalue weighted by Crippen LogP contribution is 2.13. The average Bonchev–Trinajstić information content (AvgIpc) is 2.97. The van der Waals surface area contributed by atoms with E-state index in [1.807, 2.05) is 0 Å². The SMILES string of the molecule is C=CC(=O)OCCCCCCCCCCCCCC.C=CC(=O)OCCCCCCCCCCCCCCCC. The Morgan fingerprint density at radius 1 is 0.400 bits per heavy atom. The molecule has 0 aromatic carbocycles. The molecule has 0 spiro atoms. The third-order valence-electron chi connectivity index (χ3n) is 7.32. The fraction of sp³-hybridized carbons (Fsp3) is 0.833. The van der Waals surface area contributed by atoms with E-state index in [9.17, 15) is 9.59 Å². The van der Waals surface area contributed by atoms with Crippen LogP contribution in [0.4, 0.5) is 0 Å². The number of unbranched alkanes of at least 4 members (excludes halogenated alkanes) is 24. The summed E-state index contributed by atoms with van der Waals surface area (Å²) in [6.45, 7) is 12.4. The quantitative estimate of drug-likeness (QED) is 0.0494. The van der Waals surface area contributed by atoms with Gasteiger partial charge in [0.1, 0.15) is 0 Å². The second-order valence-corrected chi connectivity index (χ2v) is 11.2. The van der Waals surface area contributed by atoms with Gasteiger partial charge in [0.15, 0.2) is 0 Å². The van der Waals surface area contributed by atoms with Gasteiger partial charge in [-0.2, -0.15) is 0 Å². The summed E-state index contributed by atoms with van der Waals surface area (Å²) in [5.74, 6) is -0.604. The van der Waals surface area contributed by atoms with Gasteiger partial charge in [0, 0.05) is 12.2 Å². The van der Waals surface area contributed by atoms with Gasteiger partial charge in [-0.15, -0.1) is 0 Å². The Bertz CT molecular complexity index is 543. The van der Waals surface area contributed by atoms with E-state index < -0.39 is 0 Å². The maximum atomic E-state index is 10.8. The number of rotatable bonds is 30. The average molecular weight is 565 g/mol. The van der Waals surface area contributed by atoms with Crippen LogP contribution in [-0.4, -0.2) is 25.2 Å². The van der Waals surface area contributed by atoms with Crippen molar-refractivity contribution in [2.24, 2.45) is 0 Å². The number of esters is 2. The molecule has 4 heteroatoms. The number of hydrogen-bond acceptors (Lipinski definition) is 4. The van der Waals surface area contributed by atoms with Gasteiger partial charge in [0.05, 0.1) is 13.2 Å². The van der Waals surface area contributed by atoms with Crippen LogP contribution >= 0.6 is 0 Å². The third kappa shape index (κ3) is 38.6. The highest BCUT2D eigenvalue weighted by Gasteiger charge is 1.97. The van der Waals surface area contributed by atoms with E-state index in [1.54, 1.807) is 0 Å².